The van der Waals surface area contributed by atoms with E-state index in [2.05, 4.69) is 0 Å². The summed E-state index contributed by atoms with van der Waals surface area (Å²) >= 11 is 0. The van der Waals surface area contributed by atoms with Gasteiger partial charge in [0.25, 0.3) is 0 Å². The summed E-state index contributed by atoms with van der Waals surface area (Å²) in [6, 6.07) is 0. The molecule has 0 aliphatic heterocycles. The molecule has 0 saturated carbocycles. The van der Waals surface area contributed by atoms with Crippen molar-refractivity contribution in [3.63, 3.8) is 0 Å². The van der Waals surface area contributed by atoms with Gasteiger partial charge in [-0.3, -0.25) is 14.4 Å². The predicted molar refractivity (Wildman–Crippen MR) is 99.1 cm³/mol. The van der Waals surface area contributed by atoms with Crippen molar-refractivity contribution in [2.75, 3.05) is 0 Å². The van der Waals surface area contributed by atoms with Gasteiger partial charge in [-0.2, -0.15) is 0 Å². The average molecular weight is 474 g/mol. The van der Waals surface area contributed by atoms with E-state index in [0.717, 1.165) is 0 Å². The second kappa shape index (κ2) is 25.0. The van der Waals surface area contributed by atoms with E-state index >= 15 is 0 Å². The zero-order valence-corrected chi connectivity index (χ0v) is 13.3. The summed E-state index contributed by atoms with van der Waals surface area (Å²) in [6.07, 6.45) is -7.63. The molecule has 18 heteroatoms. The van der Waals surface area contributed by atoms with Gasteiger partial charge < -0.3 is 46.0 Å². The van der Waals surface area contributed by atoms with Gasteiger partial charge in [-0.1, -0.05) is 0 Å². The van der Waals surface area contributed by atoms with Crippen LogP contribution in [0, 0.1) is 0 Å². The minimum atomic E-state index is -1.79. The fourth-order valence-corrected chi connectivity index (χ4v) is 0.758. The first kappa shape index (κ1) is 43.6. The summed E-state index contributed by atoms with van der Waals surface area (Å²) in [5.41, 5.74) is 0. The van der Waals surface area contributed by atoms with Crippen molar-refractivity contribution in [2.45, 2.75) is 37.6 Å². The molecule has 0 aromatic heterocycles. The summed E-state index contributed by atoms with van der Waals surface area (Å²) in [5, 5.41) is 72.4. The molecule has 0 aromatic carbocycles. The number of carboxylic acid groups (broad SMARTS) is 6. The van der Waals surface area contributed by atoms with Crippen molar-refractivity contribution in [3.8, 4) is 0 Å². The van der Waals surface area contributed by atoms with Crippen LogP contribution in [0.5, 0.6) is 0 Å². The number of carboxylic acids is 6. The fraction of sp³-hybridized carbons (Fsp3) is 0.500. The average Bonchev–Trinajstić information content (AvgIpc) is 2.46. The topological polar surface area (TPSA) is 284 Å². The molecule has 162 valence electrons. The first-order valence-electron chi connectivity index (χ1n) is 6.49. The van der Waals surface area contributed by atoms with Crippen molar-refractivity contribution >= 4 is 124 Å². The van der Waals surface area contributed by atoms with Gasteiger partial charge >= 0.3 is 124 Å². The Morgan fingerprint density at radius 1 is 0.433 bits per heavy atom. The van der Waals surface area contributed by atoms with Crippen molar-refractivity contribution in [2.24, 2.45) is 0 Å². The Labute approximate surface area is 234 Å². The first-order valence-corrected chi connectivity index (χ1v) is 6.49. The monoisotopic (exact) mass is 474 g/mol. The van der Waals surface area contributed by atoms with Gasteiger partial charge in [-0.05, 0) is 0 Å². The summed E-state index contributed by atoms with van der Waals surface area (Å²) in [6.45, 7) is 0. The normalized spacial score (nSPS) is 11.3. The zero-order chi connectivity index (χ0) is 22.3. The van der Waals surface area contributed by atoms with Gasteiger partial charge in [0.1, 0.15) is 0 Å². The SMILES string of the molecule is O=C(O)CC(O)C(=O)O.O=C(O)CC(O)C(=O)O.O=C(O)CC(O)C(=O)O.[NaH].[NaH].[NaH]. The van der Waals surface area contributed by atoms with Crippen LogP contribution in [-0.2, 0) is 28.8 Å². The second-order valence-electron chi connectivity index (χ2n) is 4.36. The Kier molecular flexibility index (Phi) is 36.2. The molecule has 0 spiro atoms. The summed E-state index contributed by atoms with van der Waals surface area (Å²) < 4.78 is 0. The van der Waals surface area contributed by atoms with E-state index < -0.39 is 73.4 Å². The van der Waals surface area contributed by atoms with Crippen LogP contribution in [0.4, 0.5) is 0 Å². The maximum absolute atomic E-state index is 9.72. The van der Waals surface area contributed by atoms with Gasteiger partial charge in [0.15, 0.2) is 18.3 Å². The third kappa shape index (κ3) is 35.2. The number of hydrogen-bond donors (Lipinski definition) is 9. The second-order valence-corrected chi connectivity index (χ2v) is 4.36. The first-order chi connectivity index (χ1) is 12.1. The Morgan fingerprint density at radius 3 is 0.600 bits per heavy atom. The third-order valence-electron chi connectivity index (χ3n) is 1.96. The molecule has 0 aliphatic rings. The molecule has 0 saturated heterocycles. The van der Waals surface area contributed by atoms with Crippen molar-refractivity contribution in [1.29, 1.82) is 0 Å². The summed E-state index contributed by atoms with van der Waals surface area (Å²) in [4.78, 5) is 58.2. The van der Waals surface area contributed by atoms with Crippen molar-refractivity contribution in [3.05, 3.63) is 0 Å². The number of aliphatic hydroxyl groups excluding tert-OH is 3. The molecule has 15 nitrogen and oxygen atoms in total. The van der Waals surface area contributed by atoms with Crippen molar-refractivity contribution in [1.82, 2.24) is 0 Å². The summed E-state index contributed by atoms with van der Waals surface area (Å²) in [5.74, 6) is -8.54. The van der Waals surface area contributed by atoms with E-state index in [1.54, 1.807) is 0 Å². The molecule has 0 aliphatic carbocycles. The van der Waals surface area contributed by atoms with E-state index in [1.165, 1.54) is 0 Å². The third-order valence-corrected chi connectivity index (χ3v) is 1.96. The zero-order valence-electron chi connectivity index (χ0n) is 13.3. The van der Waals surface area contributed by atoms with Gasteiger partial charge in [-0.25, -0.2) is 14.4 Å². The quantitative estimate of drug-likeness (QED) is 0.141. The van der Waals surface area contributed by atoms with Gasteiger partial charge in [0, 0.05) is 0 Å². The number of aliphatic carboxylic acids is 6. The van der Waals surface area contributed by atoms with Crippen LogP contribution >= 0.6 is 0 Å². The number of rotatable bonds is 9. The molecular formula is C12H21Na3O15. The molecule has 30 heavy (non-hydrogen) atoms. The Bertz CT molecular complexity index is 477. The van der Waals surface area contributed by atoms with Crippen LogP contribution in [-0.4, -0.2) is 189 Å². The van der Waals surface area contributed by atoms with E-state index in [-0.39, 0.29) is 88.7 Å². The van der Waals surface area contributed by atoms with Crippen LogP contribution in [0.25, 0.3) is 0 Å². The van der Waals surface area contributed by atoms with E-state index in [4.69, 9.17) is 46.0 Å². The maximum atomic E-state index is 9.72. The van der Waals surface area contributed by atoms with Crippen LogP contribution in [0.15, 0.2) is 0 Å². The molecule has 3 unspecified atom stereocenters. The van der Waals surface area contributed by atoms with Gasteiger partial charge in [0.2, 0.25) is 0 Å². The van der Waals surface area contributed by atoms with Crippen LogP contribution in [0.3, 0.4) is 0 Å². The summed E-state index contributed by atoms with van der Waals surface area (Å²) in [7, 11) is 0. The van der Waals surface area contributed by atoms with E-state index in [9.17, 15) is 28.8 Å². The predicted octanol–water partition coefficient (Wildman–Crippen LogP) is -5.23. The minimum absolute atomic E-state index is 0. The Hall–Kier alpha value is -0.300. The molecule has 0 heterocycles. The Balaban J connectivity index is -0.0000000686. The van der Waals surface area contributed by atoms with Gasteiger partial charge in [0.05, 0.1) is 19.3 Å². The van der Waals surface area contributed by atoms with E-state index in [0.29, 0.717) is 0 Å². The Morgan fingerprint density at radius 2 is 0.567 bits per heavy atom. The molecule has 0 bridgehead atoms. The van der Waals surface area contributed by atoms with Crippen LogP contribution < -0.4 is 0 Å². The number of hydrogen-bond acceptors (Lipinski definition) is 9. The standard InChI is InChI=1S/3C4H6O5.3Na.3H/c3*5-2(4(8)9)1-3(6)7;;;;;;/h3*2,5H,1H2,(H,6,7)(H,8,9);;;;;;. The molecule has 0 fully saturated rings. The fourth-order valence-electron chi connectivity index (χ4n) is 0.758. The van der Waals surface area contributed by atoms with Gasteiger partial charge in [-0.15, -0.1) is 0 Å². The number of aliphatic hydroxyl groups is 3. The van der Waals surface area contributed by atoms with Crippen LogP contribution in [0.2, 0.25) is 0 Å². The molecule has 9 N–H and O–H groups in total. The molecule has 0 radical (unpaired) electrons. The number of carbonyl (C=O) groups is 6. The van der Waals surface area contributed by atoms with Crippen LogP contribution in [0.1, 0.15) is 19.3 Å². The molecule has 3 atom stereocenters. The molecule has 0 aromatic rings. The molecule has 0 amide bonds. The van der Waals surface area contributed by atoms with Crippen molar-refractivity contribution < 1.29 is 74.7 Å². The molecular weight excluding hydrogens is 453 g/mol. The van der Waals surface area contributed by atoms with E-state index in [1.807, 2.05) is 0 Å². The molecule has 0 rings (SSSR count).